The molecular weight excluding hydrogens is 296 g/mol. The third-order valence-corrected chi connectivity index (χ3v) is 4.07. The molecule has 0 atom stereocenters. The van der Waals surface area contributed by atoms with Crippen molar-refractivity contribution in [1.29, 1.82) is 0 Å². The Morgan fingerprint density at radius 3 is 2.67 bits per heavy atom. The molecule has 2 rings (SSSR count). The molecule has 18 heavy (non-hydrogen) atoms. The van der Waals surface area contributed by atoms with Gasteiger partial charge in [0.1, 0.15) is 0 Å². The van der Waals surface area contributed by atoms with E-state index in [0.717, 1.165) is 19.3 Å². The molecule has 0 heterocycles. The Kier molecular flexibility index (Phi) is 3.92. The Balaban J connectivity index is 2.13. The molecule has 0 spiro atoms. The van der Waals surface area contributed by atoms with Crippen LogP contribution >= 0.6 is 15.9 Å². The number of para-hydroxylation sites is 1. The van der Waals surface area contributed by atoms with Crippen molar-refractivity contribution < 1.29 is 9.90 Å². The highest BCUT2D eigenvalue weighted by molar-refractivity contribution is 9.10. The van der Waals surface area contributed by atoms with Gasteiger partial charge in [-0.05, 0) is 40.9 Å². The minimum atomic E-state index is -0.799. The maximum absolute atomic E-state index is 12.2. The highest BCUT2D eigenvalue weighted by Crippen LogP contribution is 2.33. The van der Waals surface area contributed by atoms with Gasteiger partial charge in [-0.15, -0.1) is 0 Å². The van der Waals surface area contributed by atoms with Gasteiger partial charge in [0.15, 0.2) is 5.75 Å². The first kappa shape index (κ1) is 13.4. The first-order valence-corrected chi connectivity index (χ1v) is 6.90. The summed E-state index contributed by atoms with van der Waals surface area (Å²) < 4.78 is 0.551. The van der Waals surface area contributed by atoms with Crippen molar-refractivity contribution in [3.63, 3.8) is 0 Å². The standard InChI is InChI=1S/C13H17BrN2O2/c14-9-5-4-6-10(11(9)17)16-12(18)13(15)7-2-1-3-8-13/h4-6,17H,1-3,7-8,15H2,(H,16,18). The van der Waals surface area contributed by atoms with Crippen LogP contribution in [0.25, 0.3) is 0 Å². The molecule has 1 fully saturated rings. The Bertz CT molecular complexity index is 456. The number of carbonyl (C=O) groups is 1. The lowest BCUT2D eigenvalue weighted by Crippen LogP contribution is -2.52. The zero-order valence-electron chi connectivity index (χ0n) is 10.1. The molecule has 1 saturated carbocycles. The van der Waals surface area contributed by atoms with E-state index in [9.17, 15) is 9.90 Å². The summed E-state index contributed by atoms with van der Waals surface area (Å²) in [6.45, 7) is 0. The van der Waals surface area contributed by atoms with E-state index in [-0.39, 0.29) is 11.7 Å². The maximum Gasteiger partial charge on any atom is 0.244 e. The number of phenolic OH excluding ortho intramolecular Hbond substituents is 1. The van der Waals surface area contributed by atoms with Gasteiger partial charge in [0, 0.05) is 0 Å². The molecule has 1 aliphatic carbocycles. The van der Waals surface area contributed by atoms with Crippen LogP contribution in [0.1, 0.15) is 32.1 Å². The molecule has 0 bridgehead atoms. The monoisotopic (exact) mass is 312 g/mol. The van der Waals surface area contributed by atoms with Crippen molar-refractivity contribution in [3.05, 3.63) is 22.7 Å². The number of hydrogen-bond donors (Lipinski definition) is 3. The molecule has 0 unspecified atom stereocenters. The van der Waals surface area contributed by atoms with E-state index < -0.39 is 5.54 Å². The van der Waals surface area contributed by atoms with Crippen molar-refractivity contribution in [2.45, 2.75) is 37.6 Å². The Morgan fingerprint density at radius 1 is 1.33 bits per heavy atom. The van der Waals surface area contributed by atoms with Crippen molar-refractivity contribution >= 4 is 27.5 Å². The second-order valence-corrected chi connectivity index (χ2v) is 5.66. The van der Waals surface area contributed by atoms with E-state index in [2.05, 4.69) is 21.2 Å². The molecule has 0 aliphatic heterocycles. The van der Waals surface area contributed by atoms with Gasteiger partial charge in [-0.1, -0.05) is 25.3 Å². The molecule has 1 aromatic carbocycles. The van der Waals surface area contributed by atoms with Gasteiger partial charge in [-0.2, -0.15) is 0 Å². The van der Waals surface area contributed by atoms with Crippen LogP contribution < -0.4 is 11.1 Å². The van der Waals surface area contributed by atoms with Crippen LogP contribution in [-0.4, -0.2) is 16.6 Å². The molecule has 5 heteroatoms. The van der Waals surface area contributed by atoms with Gasteiger partial charge in [0.05, 0.1) is 15.7 Å². The van der Waals surface area contributed by atoms with Crippen molar-refractivity contribution in [1.82, 2.24) is 0 Å². The SMILES string of the molecule is NC1(C(=O)Nc2cccc(Br)c2O)CCCCC1. The van der Waals surface area contributed by atoms with Gasteiger partial charge in [0.2, 0.25) is 5.91 Å². The average molecular weight is 313 g/mol. The minimum absolute atomic E-state index is 0.0326. The topological polar surface area (TPSA) is 75.4 Å². The van der Waals surface area contributed by atoms with E-state index >= 15 is 0 Å². The van der Waals surface area contributed by atoms with E-state index in [1.165, 1.54) is 0 Å². The van der Waals surface area contributed by atoms with Gasteiger partial charge in [-0.3, -0.25) is 4.79 Å². The van der Waals surface area contributed by atoms with E-state index in [1.54, 1.807) is 18.2 Å². The minimum Gasteiger partial charge on any atom is -0.505 e. The summed E-state index contributed by atoms with van der Waals surface area (Å²) in [6.07, 6.45) is 4.50. The van der Waals surface area contributed by atoms with Crippen molar-refractivity contribution in [3.8, 4) is 5.75 Å². The lowest BCUT2D eigenvalue weighted by atomic mass is 9.82. The lowest BCUT2D eigenvalue weighted by Gasteiger charge is -2.31. The Labute approximate surface area is 115 Å². The number of amides is 1. The smallest absolute Gasteiger partial charge is 0.244 e. The molecule has 1 amide bonds. The lowest BCUT2D eigenvalue weighted by molar-refractivity contribution is -0.122. The zero-order chi connectivity index (χ0) is 13.2. The number of aromatic hydroxyl groups is 1. The molecule has 0 radical (unpaired) electrons. The first-order valence-electron chi connectivity index (χ1n) is 6.11. The first-order chi connectivity index (χ1) is 8.53. The summed E-state index contributed by atoms with van der Waals surface area (Å²) in [4.78, 5) is 12.2. The van der Waals surface area contributed by atoms with Crippen LogP contribution in [0.5, 0.6) is 5.75 Å². The molecule has 4 nitrogen and oxygen atoms in total. The predicted octanol–water partition coefficient (Wildman–Crippen LogP) is 2.75. The number of anilines is 1. The van der Waals surface area contributed by atoms with Crippen LogP contribution in [0.3, 0.4) is 0 Å². The fraction of sp³-hybridized carbons (Fsp3) is 0.462. The maximum atomic E-state index is 12.2. The van der Waals surface area contributed by atoms with Crippen LogP contribution in [0.4, 0.5) is 5.69 Å². The van der Waals surface area contributed by atoms with E-state index in [0.29, 0.717) is 23.0 Å². The third-order valence-electron chi connectivity index (χ3n) is 3.43. The number of hydrogen-bond acceptors (Lipinski definition) is 3. The number of phenols is 1. The number of rotatable bonds is 2. The molecule has 0 saturated heterocycles. The molecule has 98 valence electrons. The predicted molar refractivity (Wildman–Crippen MR) is 74.4 cm³/mol. The highest BCUT2D eigenvalue weighted by Gasteiger charge is 2.35. The fourth-order valence-electron chi connectivity index (χ4n) is 2.27. The summed E-state index contributed by atoms with van der Waals surface area (Å²) in [5.74, 6) is -0.180. The molecule has 4 N–H and O–H groups in total. The second-order valence-electron chi connectivity index (χ2n) is 4.81. The zero-order valence-corrected chi connectivity index (χ0v) is 11.7. The van der Waals surface area contributed by atoms with Crippen LogP contribution in [0.2, 0.25) is 0 Å². The summed E-state index contributed by atoms with van der Waals surface area (Å²) in [5, 5.41) is 12.5. The van der Waals surface area contributed by atoms with Crippen molar-refractivity contribution in [2.24, 2.45) is 5.73 Å². The van der Waals surface area contributed by atoms with Crippen molar-refractivity contribution in [2.75, 3.05) is 5.32 Å². The number of halogens is 1. The molecule has 1 aliphatic rings. The number of nitrogens with one attached hydrogen (secondary N) is 1. The van der Waals surface area contributed by atoms with Crippen LogP contribution in [0.15, 0.2) is 22.7 Å². The summed E-state index contributed by atoms with van der Waals surface area (Å²) in [6, 6.07) is 5.12. The van der Waals surface area contributed by atoms with Gasteiger partial charge < -0.3 is 16.2 Å². The van der Waals surface area contributed by atoms with Gasteiger partial charge in [-0.25, -0.2) is 0 Å². The second kappa shape index (κ2) is 5.28. The van der Waals surface area contributed by atoms with E-state index in [1.807, 2.05) is 0 Å². The summed E-state index contributed by atoms with van der Waals surface area (Å²) in [5.41, 5.74) is 5.73. The van der Waals surface area contributed by atoms with Crippen LogP contribution in [-0.2, 0) is 4.79 Å². The highest BCUT2D eigenvalue weighted by atomic mass is 79.9. The fourth-order valence-corrected chi connectivity index (χ4v) is 2.64. The van der Waals surface area contributed by atoms with Crippen LogP contribution in [0, 0.1) is 0 Å². The third kappa shape index (κ3) is 2.67. The molecular formula is C13H17BrN2O2. The number of benzene rings is 1. The normalized spacial score (nSPS) is 18.3. The number of carbonyl (C=O) groups excluding carboxylic acids is 1. The van der Waals surface area contributed by atoms with Gasteiger partial charge >= 0.3 is 0 Å². The van der Waals surface area contributed by atoms with E-state index in [4.69, 9.17) is 5.73 Å². The largest absolute Gasteiger partial charge is 0.505 e. The Hall–Kier alpha value is -1.07. The Morgan fingerprint density at radius 2 is 2.00 bits per heavy atom. The quantitative estimate of drug-likeness (QED) is 0.735. The summed E-state index contributed by atoms with van der Waals surface area (Å²) in [7, 11) is 0. The summed E-state index contributed by atoms with van der Waals surface area (Å²) >= 11 is 3.21. The molecule has 1 aromatic rings. The number of nitrogens with two attached hydrogens (primary N) is 1. The van der Waals surface area contributed by atoms with Gasteiger partial charge in [0.25, 0.3) is 0 Å². The molecule has 0 aromatic heterocycles. The average Bonchev–Trinajstić information content (AvgIpc) is 2.36.